The lowest BCUT2D eigenvalue weighted by molar-refractivity contribution is 1.21. The van der Waals surface area contributed by atoms with E-state index < -0.39 is 0 Å². The van der Waals surface area contributed by atoms with Gasteiger partial charge in [0.1, 0.15) is 11.5 Å². The molecule has 1 aromatic heterocycles. The lowest BCUT2D eigenvalue weighted by Gasteiger charge is -1.96. The van der Waals surface area contributed by atoms with Gasteiger partial charge in [0.25, 0.3) is 0 Å². The molecular weight excluding hydrogens is 152 g/mol. The highest BCUT2D eigenvalue weighted by Crippen LogP contribution is 2.00. The summed E-state index contributed by atoms with van der Waals surface area (Å²) < 4.78 is 0. The summed E-state index contributed by atoms with van der Waals surface area (Å²) in [4.78, 5) is 3.97. The van der Waals surface area contributed by atoms with Gasteiger partial charge in [-0.1, -0.05) is 6.07 Å². The minimum atomic E-state index is 0.520. The Morgan fingerprint density at radius 1 is 1.50 bits per heavy atom. The van der Waals surface area contributed by atoms with E-state index in [4.69, 9.17) is 11.1 Å². The van der Waals surface area contributed by atoms with Crippen LogP contribution >= 0.6 is 0 Å². The molecule has 0 bridgehead atoms. The van der Waals surface area contributed by atoms with Gasteiger partial charge in [0, 0.05) is 5.92 Å². The zero-order valence-corrected chi connectivity index (χ0v) is 6.20. The molecule has 0 aliphatic heterocycles. The Bertz CT molecular complexity index is 367. The average Bonchev–Trinajstić information content (AvgIpc) is 2.15. The van der Waals surface area contributed by atoms with Gasteiger partial charge in [-0.2, -0.15) is 5.26 Å². The van der Waals surface area contributed by atoms with Crippen molar-refractivity contribution in [1.82, 2.24) is 4.98 Å². The molecule has 0 atom stereocenters. The lowest BCUT2D eigenvalue weighted by atomic mass is 10.3. The van der Waals surface area contributed by atoms with Crippen LogP contribution in [0.5, 0.6) is 0 Å². The molecule has 4 nitrogen and oxygen atoms in total. The Hall–Kier alpha value is -2.04. The average molecular weight is 158 g/mol. The highest BCUT2D eigenvalue weighted by Gasteiger charge is 1.90. The molecule has 1 rings (SSSR count). The largest absolute Gasteiger partial charge is 0.308 e. The van der Waals surface area contributed by atoms with Crippen molar-refractivity contribution in [2.24, 2.45) is 5.84 Å². The van der Waals surface area contributed by atoms with Crippen LogP contribution in [0.2, 0.25) is 0 Å². The van der Waals surface area contributed by atoms with E-state index in [9.17, 15) is 0 Å². The van der Waals surface area contributed by atoms with E-state index in [-0.39, 0.29) is 0 Å². The fraction of sp³-hybridized carbons (Fsp3) is 0. The molecule has 0 radical (unpaired) electrons. The predicted octanol–water partition coefficient (Wildman–Crippen LogP) is 0.242. The molecule has 0 aromatic carbocycles. The summed E-state index contributed by atoms with van der Waals surface area (Å²) in [6, 6.07) is 6.86. The second kappa shape index (κ2) is 3.97. The molecule has 0 amide bonds. The van der Waals surface area contributed by atoms with E-state index in [0.29, 0.717) is 11.5 Å². The molecule has 12 heavy (non-hydrogen) atoms. The highest BCUT2D eigenvalue weighted by molar-refractivity contribution is 5.40. The summed E-state index contributed by atoms with van der Waals surface area (Å²) in [5.74, 6) is 10.4. The van der Waals surface area contributed by atoms with Gasteiger partial charge in [0.15, 0.2) is 6.07 Å². The molecule has 0 spiro atoms. The molecule has 58 valence electrons. The van der Waals surface area contributed by atoms with Crippen LogP contribution in [0.4, 0.5) is 5.82 Å². The van der Waals surface area contributed by atoms with Crippen molar-refractivity contribution < 1.29 is 0 Å². The molecule has 0 saturated carbocycles. The Morgan fingerprint density at radius 3 is 3.00 bits per heavy atom. The highest BCUT2D eigenvalue weighted by atomic mass is 15.2. The van der Waals surface area contributed by atoms with E-state index in [1.165, 1.54) is 0 Å². The number of nitrogens with two attached hydrogens (primary N) is 1. The molecule has 0 fully saturated rings. The van der Waals surface area contributed by atoms with Gasteiger partial charge in [-0.05, 0) is 18.1 Å². The summed E-state index contributed by atoms with van der Waals surface area (Å²) in [5.41, 5.74) is 2.90. The van der Waals surface area contributed by atoms with Crippen LogP contribution in [0, 0.1) is 23.2 Å². The zero-order chi connectivity index (χ0) is 8.81. The SMILES string of the molecule is N#CC#Cc1cccc(NN)n1. The van der Waals surface area contributed by atoms with Crippen molar-refractivity contribution in [2.75, 3.05) is 5.43 Å². The third-order valence-electron chi connectivity index (χ3n) is 1.14. The first-order chi connectivity index (χ1) is 5.86. The monoisotopic (exact) mass is 158 g/mol. The van der Waals surface area contributed by atoms with Gasteiger partial charge in [0.2, 0.25) is 0 Å². The van der Waals surface area contributed by atoms with Crippen molar-refractivity contribution in [3.8, 4) is 17.9 Å². The molecule has 0 unspecified atom stereocenters. The summed E-state index contributed by atoms with van der Waals surface area (Å²) in [5, 5.41) is 8.16. The number of hydrazine groups is 1. The number of nitriles is 1. The first-order valence-electron chi connectivity index (χ1n) is 3.20. The molecule has 4 heteroatoms. The number of nitrogens with zero attached hydrogens (tertiary/aromatic N) is 2. The number of pyridine rings is 1. The minimum Gasteiger partial charge on any atom is -0.308 e. The van der Waals surface area contributed by atoms with Crippen molar-refractivity contribution >= 4 is 5.82 Å². The zero-order valence-electron chi connectivity index (χ0n) is 6.20. The van der Waals surface area contributed by atoms with Crippen LogP contribution < -0.4 is 11.3 Å². The standard InChI is InChI=1S/C8H6N4/c9-6-2-4-7-3-1-5-8(11-7)12-10/h1,3,5H,10H2,(H,11,12). The molecule has 1 heterocycles. The first-order valence-corrected chi connectivity index (χ1v) is 3.20. The van der Waals surface area contributed by atoms with Crippen LogP contribution in [0.15, 0.2) is 18.2 Å². The summed E-state index contributed by atoms with van der Waals surface area (Å²) in [6.07, 6.45) is 0. The number of aromatic nitrogens is 1. The lowest BCUT2D eigenvalue weighted by Crippen LogP contribution is -2.08. The second-order valence-electron chi connectivity index (χ2n) is 1.91. The molecule has 0 saturated heterocycles. The van der Waals surface area contributed by atoms with Crippen LogP contribution in [0.3, 0.4) is 0 Å². The Morgan fingerprint density at radius 2 is 2.33 bits per heavy atom. The second-order valence-corrected chi connectivity index (χ2v) is 1.91. The number of nitrogen functional groups attached to an aromatic ring is 1. The van der Waals surface area contributed by atoms with Crippen molar-refractivity contribution in [3.63, 3.8) is 0 Å². The summed E-state index contributed by atoms with van der Waals surface area (Å²) >= 11 is 0. The van der Waals surface area contributed by atoms with Crippen LogP contribution in [0.25, 0.3) is 0 Å². The van der Waals surface area contributed by atoms with Crippen LogP contribution in [0.1, 0.15) is 5.69 Å². The van der Waals surface area contributed by atoms with Gasteiger partial charge < -0.3 is 5.43 Å². The first kappa shape index (κ1) is 8.06. The Kier molecular flexibility index (Phi) is 2.67. The number of anilines is 1. The van der Waals surface area contributed by atoms with E-state index in [1.807, 2.05) is 0 Å². The maximum absolute atomic E-state index is 8.16. The van der Waals surface area contributed by atoms with E-state index in [2.05, 4.69) is 22.3 Å². The number of hydrogen-bond donors (Lipinski definition) is 2. The minimum absolute atomic E-state index is 0.520. The summed E-state index contributed by atoms with van der Waals surface area (Å²) in [7, 11) is 0. The van der Waals surface area contributed by atoms with Crippen molar-refractivity contribution in [2.45, 2.75) is 0 Å². The van der Waals surface area contributed by atoms with Gasteiger partial charge in [-0.3, -0.25) is 0 Å². The Balaban J connectivity index is 2.96. The molecule has 3 N–H and O–H groups in total. The maximum atomic E-state index is 8.16. The number of hydrogen-bond acceptors (Lipinski definition) is 4. The van der Waals surface area contributed by atoms with E-state index in [1.54, 1.807) is 24.3 Å². The smallest absolute Gasteiger partial charge is 0.152 e. The molecule has 0 aliphatic rings. The fourth-order valence-electron chi connectivity index (χ4n) is 0.677. The van der Waals surface area contributed by atoms with Crippen molar-refractivity contribution in [3.05, 3.63) is 23.9 Å². The third kappa shape index (κ3) is 1.98. The molecular formula is C8H6N4. The number of rotatable bonds is 1. The normalized spacial score (nSPS) is 7.67. The van der Waals surface area contributed by atoms with Crippen LogP contribution in [-0.2, 0) is 0 Å². The van der Waals surface area contributed by atoms with Crippen LogP contribution in [-0.4, -0.2) is 4.98 Å². The third-order valence-corrected chi connectivity index (χ3v) is 1.14. The van der Waals surface area contributed by atoms with E-state index >= 15 is 0 Å². The van der Waals surface area contributed by atoms with E-state index in [0.717, 1.165) is 0 Å². The molecule has 0 aliphatic carbocycles. The number of nitrogens with one attached hydrogen (secondary N) is 1. The van der Waals surface area contributed by atoms with Gasteiger partial charge in [0.05, 0.1) is 0 Å². The Labute approximate surface area is 70.0 Å². The molecule has 1 aromatic rings. The summed E-state index contributed by atoms with van der Waals surface area (Å²) in [6.45, 7) is 0. The fourth-order valence-corrected chi connectivity index (χ4v) is 0.677. The van der Waals surface area contributed by atoms with Gasteiger partial charge >= 0.3 is 0 Å². The van der Waals surface area contributed by atoms with Crippen molar-refractivity contribution in [1.29, 1.82) is 5.26 Å². The predicted molar refractivity (Wildman–Crippen MR) is 44.5 cm³/mol. The maximum Gasteiger partial charge on any atom is 0.152 e. The topological polar surface area (TPSA) is 74.7 Å². The van der Waals surface area contributed by atoms with Gasteiger partial charge in [-0.15, -0.1) is 0 Å². The van der Waals surface area contributed by atoms with Gasteiger partial charge in [-0.25, -0.2) is 10.8 Å². The quantitative estimate of drug-likeness (QED) is 0.349.